The van der Waals surface area contributed by atoms with E-state index < -0.39 is 0 Å². The second kappa shape index (κ2) is 6.53. The summed E-state index contributed by atoms with van der Waals surface area (Å²) in [7, 11) is 0. The van der Waals surface area contributed by atoms with E-state index in [1.165, 1.54) is 4.70 Å². The van der Waals surface area contributed by atoms with Crippen LogP contribution < -0.4 is 0 Å². The number of halogens is 1. The highest BCUT2D eigenvalue weighted by Crippen LogP contribution is 2.36. The third kappa shape index (κ3) is 3.03. The number of para-hydroxylation sites is 1. The van der Waals surface area contributed by atoms with Crippen molar-refractivity contribution in [3.05, 3.63) is 46.7 Å². The fraction of sp³-hybridized carbons (Fsp3) is 0.353. The van der Waals surface area contributed by atoms with Crippen molar-refractivity contribution in [2.24, 2.45) is 0 Å². The van der Waals surface area contributed by atoms with E-state index >= 15 is 0 Å². The molecular formula is C17H17ClN4OS. The van der Waals surface area contributed by atoms with E-state index in [-0.39, 0.29) is 11.9 Å². The minimum absolute atomic E-state index is 0.108. The van der Waals surface area contributed by atoms with Crippen LogP contribution in [-0.4, -0.2) is 32.1 Å². The summed E-state index contributed by atoms with van der Waals surface area (Å²) >= 11 is 7.55. The molecule has 1 amide bonds. The van der Waals surface area contributed by atoms with Crippen molar-refractivity contribution in [1.29, 1.82) is 0 Å². The molecule has 0 saturated carbocycles. The number of carbonyl (C=O) groups is 1. The highest BCUT2D eigenvalue weighted by atomic mass is 35.5. The van der Waals surface area contributed by atoms with E-state index in [1.807, 2.05) is 23.1 Å². The van der Waals surface area contributed by atoms with Crippen LogP contribution in [-0.2, 0) is 11.3 Å². The Morgan fingerprint density at radius 1 is 1.38 bits per heavy atom. The van der Waals surface area contributed by atoms with Crippen molar-refractivity contribution >= 4 is 39.1 Å². The molecule has 0 aliphatic carbocycles. The van der Waals surface area contributed by atoms with Crippen LogP contribution in [0.1, 0.15) is 30.3 Å². The number of likely N-dealkylation sites (tertiary alicyclic amines) is 1. The van der Waals surface area contributed by atoms with Gasteiger partial charge in [0.15, 0.2) is 0 Å². The van der Waals surface area contributed by atoms with E-state index in [0.717, 1.165) is 29.9 Å². The Hall–Kier alpha value is -1.92. The van der Waals surface area contributed by atoms with Crippen LogP contribution in [0.25, 0.3) is 10.2 Å². The lowest BCUT2D eigenvalue weighted by atomic mass is 10.2. The van der Waals surface area contributed by atoms with Crippen molar-refractivity contribution in [3.8, 4) is 0 Å². The number of hydrogen-bond acceptors (Lipinski definition) is 4. The van der Waals surface area contributed by atoms with Gasteiger partial charge in [-0.3, -0.25) is 9.48 Å². The summed E-state index contributed by atoms with van der Waals surface area (Å²) in [6, 6.07) is 8.24. The van der Waals surface area contributed by atoms with Gasteiger partial charge in [-0.25, -0.2) is 4.98 Å². The number of aryl methyl sites for hydroxylation is 1. The van der Waals surface area contributed by atoms with Crippen LogP contribution in [0.4, 0.5) is 0 Å². The summed E-state index contributed by atoms with van der Waals surface area (Å²) in [4.78, 5) is 19.4. The number of fused-ring (bicyclic) bond motifs is 1. The molecule has 1 aromatic carbocycles. The monoisotopic (exact) mass is 360 g/mol. The van der Waals surface area contributed by atoms with Crippen molar-refractivity contribution < 1.29 is 4.79 Å². The molecule has 1 aliphatic rings. The lowest BCUT2D eigenvalue weighted by molar-refractivity contribution is -0.132. The quantitative estimate of drug-likeness (QED) is 0.709. The number of carbonyl (C=O) groups excluding carboxylic acids is 1. The maximum absolute atomic E-state index is 12.7. The second-order valence-corrected chi connectivity index (χ2v) is 7.44. The molecule has 1 atom stereocenters. The zero-order valence-corrected chi connectivity index (χ0v) is 14.6. The third-order valence-corrected chi connectivity index (χ3v) is 5.66. The van der Waals surface area contributed by atoms with Gasteiger partial charge in [-0.05, 0) is 25.0 Å². The second-order valence-electron chi connectivity index (χ2n) is 5.94. The molecule has 2 aromatic heterocycles. The van der Waals surface area contributed by atoms with Crippen LogP contribution >= 0.6 is 22.9 Å². The molecule has 124 valence electrons. The van der Waals surface area contributed by atoms with E-state index in [0.29, 0.717) is 18.0 Å². The minimum atomic E-state index is 0.108. The van der Waals surface area contributed by atoms with E-state index in [9.17, 15) is 4.79 Å². The predicted octanol–water partition coefficient (Wildman–Crippen LogP) is 3.90. The lowest BCUT2D eigenvalue weighted by Crippen LogP contribution is -2.31. The molecule has 1 aliphatic heterocycles. The van der Waals surface area contributed by atoms with Gasteiger partial charge in [0.25, 0.3) is 0 Å². The van der Waals surface area contributed by atoms with Gasteiger partial charge in [0, 0.05) is 25.7 Å². The molecule has 1 saturated heterocycles. The van der Waals surface area contributed by atoms with Gasteiger partial charge in [-0.2, -0.15) is 5.10 Å². The Morgan fingerprint density at radius 2 is 2.25 bits per heavy atom. The normalized spacial score (nSPS) is 17.7. The van der Waals surface area contributed by atoms with Crippen LogP contribution in [0.2, 0.25) is 5.02 Å². The van der Waals surface area contributed by atoms with Crippen molar-refractivity contribution in [2.45, 2.75) is 31.8 Å². The summed E-state index contributed by atoms with van der Waals surface area (Å²) < 4.78 is 2.89. The Bertz CT molecular complexity index is 841. The number of hydrogen-bond donors (Lipinski definition) is 0. The molecule has 5 nitrogen and oxygen atoms in total. The van der Waals surface area contributed by atoms with Crippen LogP contribution in [0, 0.1) is 0 Å². The average Bonchev–Trinajstić information content (AvgIpc) is 3.30. The Balaban J connectivity index is 1.48. The van der Waals surface area contributed by atoms with Crippen molar-refractivity contribution in [2.75, 3.05) is 6.54 Å². The molecular weight excluding hydrogens is 344 g/mol. The van der Waals surface area contributed by atoms with Gasteiger partial charge in [-0.15, -0.1) is 11.3 Å². The van der Waals surface area contributed by atoms with E-state index in [4.69, 9.17) is 16.6 Å². The van der Waals surface area contributed by atoms with Gasteiger partial charge in [0.1, 0.15) is 5.01 Å². The predicted molar refractivity (Wildman–Crippen MR) is 95.2 cm³/mol. The average molecular weight is 361 g/mol. The first-order valence-electron chi connectivity index (χ1n) is 8.03. The first-order chi connectivity index (χ1) is 11.7. The fourth-order valence-electron chi connectivity index (χ4n) is 3.17. The fourth-order valence-corrected chi connectivity index (χ4v) is 4.44. The molecule has 24 heavy (non-hydrogen) atoms. The van der Waals surface area contributed by atoms with Crippen LogP contribution in [0.5, 0.6) is 0 Å². The van der Waals surface area contributed by atoms with Gasteiger partial charge >= 0.3 is 0 Å². The molecule has 0 radical (unpaired) electrons. The standard InChI is InChI=1S/C17H17ClN4OS/c18-12-10-19-21(11-12)9-7-16(23)22-8-3-5-14(22)17-20-13-4-1-2-6-15(13)24-17/h1-2,4,6,10-11,14H,3,5,7-9H2/t14-/m1/s1. The summed E-state index contributed by atoms with van der Waals surface area (Å²) in [5, 5.41) is 5.76. The number of benzene rings is 1. The van der Waals surface area contributed by atoms with Gasteiger partial charge < -0.3 is 4.90 Å². The molecule has 4 rings (SSSR count). The number of thiazole rings is 1. The number of nitrogens with zero attached hydrogens (tertiary/aromatic N) is 4. The molecule has 0 N–H and O–H groups in total. The molecule has 1 fully saturated rings. The maximum Gasteiger partial charge on any atom is 0.225 e. The molecule has 0 bridgehead atoms. The minimum Gasteiger partial charge on any atom is -0.333 e. The smallest absolute Gasteiger partial charge is 0.225 e. The first-order valence-corrected chi connectivity index (χ1v) is 9.23. The number of aromatic nitrogens is 3. The van der Waals surface area contributed by atoms with Gasteiger partial charge in [0.2, 0.25) is 5.91 Å². The third-order valence-electron chi connectivity index (χ3n) is 4.33. The Labute approximate surface area is 148 Å². The van der Waals surface area contributed by atoms with Crippen molar-refractivity contribution in [1.82, 2.24) is 19.7 Å². The van der Waals surface area contributed by atoms with Crippen molar-refractivity contribution in [3.63, 3.8) is 0 Å². The molecule has 0 unspecified atom stereocenters. The van der Waals surface area contributed by atoms with Crippen LogP contribution in [0.15, 0.2) is 36.7 Å². The summed E-state index contributed by atoms with van der Waals surface area (Å²) in [5.41, 5.74) is 1.02. The molecule has 0 spiro atoms. The Morgan fingerprint density at radius 3 is 3.04 bits per heavy atom. The van der Waals surface area contributed by atoms with E-state index in [2.05, 4.69) is 11.2 Å². The molecule has 7 heteroatoms. The van der Waals surface area contributed by atoms with E-state index in [1.54, 1.807) is 28.4 Å². The zero-order chi connectivity index (χ0) is 16.5. The lowest BCUT2D eigenvalue weighted by Gasteiger charge is -2.23. The summed E-state index contributed by atoms with van der Waals surface area (Å²) in [5.74, 6) is 0.156. The number of amides is 1. The Kier molecular flexibility index (Phi) is 4.24. The number of rotatable bonds is 4. The largest absolute Gasteiger partial charge is 0.333 e. The van der Waals surface area contributed by atoms with Gasteiger partial charge in [-0.1, -0.05) is 23.7 Å². The summed E-state index contributed by atoms with van der Waals surface area (Å²) in [6.07, 6.45) is 5.77. The van der Waals surface area contributed by atoms with Crippen LogP contribution in [0.3, 0.4) is 0 Å². The SMILES string of the molecule is O=C(CCn1cc(Cl)cn1)N1CCC[C@@H]1c1nc2ccccc2s1. The maximum atomic E-state index is 12.7. The van der Waals surface area contributed by atoms with Gasteiger partial charge in [0.05, 0.1) is 27.5 Å². The highest BCUT2D eigenvalue weighted by molar-refractivity contribution is 7.18. The summed E-state index contributed by atoms with van der Waals surface area (Å²) in [6.45, 7) is 1.36. The first kappa shape index (κ1) is 15.6. The topological polar surface area (TPSA) is 51.0 Å². The molecule has 3 aromatic rings. The highest BCUT2D eigenvalue weighted by Gasteiger charge is 2.31. The molecule has 3 heterocycles. The zero-order valence-electron chi connectivity index (χ0n) is 13.1.